The van der Waals surface area contributed by atoms with Gasteiger partial charge in [0.1, 0.15) is 0 Å². The summed E-state index contributed by atoms with van der Waals surface area (Å²) in [5, 5.41) is 0. The van der Waals surface area contributed by atoms with Crippen molar-refractivity contribution in [2.24, 2.45) is 4.99 Å². The van der Waals surface area contributed by atoms with Gasteiger partial charge in [-0.3, -0.25) is 4.79 Å². The second kappa shape index (κ2) is 6.46. The van der Waals surface area contributed by atoms with E-state index in [2.05, 4.69) is 36.9 Å². The van der Waals surface area contributed by atoms with E-state index in [4.69, 9.17) is 6.42 Å². The van der Waals surface area contributed by atoms with Crippen LogP contribution in [-0.4, -0.2) is 10.5 Å². The summed E-state index contributed by atoms with van der Waals surface area (Å²) in [5.74, 6) is 2.42. The molecule has 1 amide bonds. The van der Waals surface area contributed by atoms with Gasteiger partial charge in [-0.1, -0.05) is 41.0 Å². The van der Waals surface area contributed by atoms with Crippen LogP contribution in [0, 0.1) is 33.1 Å². The lowest BCUT2D eigenvalue weighted by molar-refractivity contribution is 0.0998. The molecule has 4 heteroatoms. The molecule has 0 spiro atoms. The average molecular weight is 334 g/mol. The number of hydrogen-bond acceptors (Lipinski definition) is 2. The molecule has 0 saturated carbocycles. The molecule has 0 fully saturated rings. The predicted octanol–water partition coefficient (Wildman–Crippen LogP) is 4.00. The minimum Gasteiger partial charge on any atom is -0.304 e. The first-order valence-corrected chi connectivity index (χ1v) is 8.51. The highest BCUT2D eigenvalue weighted by atomic mass is 32.1. The van der Waals surface area contributed by atoms with Crippen LogP contribution in [0.3, 0.4) is 0 Å². The first-order valence-electron chi connectivity index (χ1n) is 7.69. The Morgan fingerprint density at radius 3 is 2.71 bits per heavy atom. The summed E-state index contributed by atoms with van der Waals surface area (Å²) in [6, 6.07) is 11.7. The van der Waals surface area contributed by atoms with Crippen molar-refractivity contribution in [1.29, 1.82) is 0 Å². The Kier molecular flexibility index (Phi) is 4.37. The number of hydrogen-bond donors (Lipinski definition) is 0. The van der Waals surface area contributed by atoms with Crippen LogP contribution in [0.5, 0.6) is 0 Å². The molecule has 0 N–H and O–H groups in total. The van der Waals surface area contributed by atoms with E-state index >= 15 is 0 Å². The fourth-order valence-corrected chi connectivity index (χ4v) is 4.05. The first-order chi connectivity index (χ1) is 11.5. The average Bonchev–Trinajstić information content (AvgIpc) is 2.85. The first kappa shape index (κ1) is 16.2. The van der Waals surface area contributed by atoms with E-state index in [1.807, 2.05) is 29.7 Å². The number of fused-ring (bicyclic) bond motifs is 1. The number of nitrogens with zero attached hydrogens (tertiary/aromatic N) is 2. The van der Waals surface area contributed by atoms with Gasteiger partial charge in [0, 0.05) is 5.56 Å². The van der Waals surface area contributed by atoms with Gasteiger partial charge in [-0.05, 0) is 50.1 Å². The van der Waals surface area contributed by atoms with Crippen molar-refractivity contribution in [1.82, 2.24) is 4.57 Å². The number of thiazole rings is 1. The van der Waals surface area contributed by atoms with Gasteiger partial charge in [0.2, 0.25) is 0 Å². The third kappa shape index (κ3) is 3.04. The summed E-state index contributed by atoms with van der Waals surface area (Å²) in [7, 11) is 0. The van der Waals surface area contributed by atoms with Gasteiger partial charge in [0.25, 0.3) is 5.91 Å². The van der Waals surface area contributed by atoms with Crippen molar-refractivity contribution in [2.75, 3.05) is 0 Å². The molecule has 1 aromatic heterocycles. The Bertz CT molecular complexity index is 1050. The topological polar surface area (TPSA) is 34.4 Å². The molecule has 2 aromatic carbocycles. The maximum atomic E-state index is 12.5. The van der Waals surface area contributed by atoms with E-state index in [1.165, 1.54) is 16.9 Å². The van der Waals surface area contributed by atoms with Gasteiger partial charge < -0.3 is 4.57 Å². The number of carbonyl (C=O) groups is 1. The third-order valence-electron chi connectivity index (χ3n) is 3.82. The van der Waals surface area contributed by atoms with Crippen molar-refractivity contribution in [3.8, 4) is 12.3 Å². The summed E-state index contributed by atoms with van der Waals surface area (Å²) < 4.78 is 3.04. The lowest BCUT2D eigenvalue weighted by atomic mass is 10.1. The van der Waals surface area contributed by atoms with Crippen molar-refractivity contribution in [3.05, 3.63) is 63.5 Å². The van der Waals surface area contributed by atoms with Crippen LogP contribution in [0.1, 0.15) is 27.0 Å². The molecule has 0 aliphatic heterocycles. The van der Waals surface area contributed by atoms with Crippen molar-refractivity contribution in [2.45, 2.75) is 27.3 Å². The van der Waals surface area contributed by atoms with Crippen LogP contribution >= 0.6 is 11.3 Å². The zero-order valence-electron chi connectivity index (χ0n) is 14.0. The molecule has 3 aromatic rings. The molecule has 0 unspecified atom stereocenters. The molecule has 0 radical (unpaired) electrons. The van der Waals surface area contributed by atoms with Crippen LogP contribution in [0.2, 0.25) is 0 Å². The van der Waals surface area contributed by atoms with Crippen LogP contribution in [0.25, 0.3) is 10.2 Å². The minimum atomic E-state index is -0.245. The standard InChI is InChI=1S/C20H18N2OS/c1-5-9-22-18-15(4)10-14(3)12-17(18)24-20(22)21-19(23)16-8-6-7-13(2)11-16/h1,6-8,10-12H,9H2,2-4H3. The second-order valence-electron chi connectivity index (χ2n) is 5.89. The van der Waals surface area contributed by atoms with Gasteiger partial charge in [-0.2, -0.15) is 4.99 Å². The smallest absolute Gasteiger partial charge is 0.279 e. The molecule has 24 heavy (non-hydrogen) atoms. The van der Waals surface area contributed by atoms with Crippen molar-refractivity contribution >= 4 is 27.5 Å². The number of terminal acetylenes is 1. The molecule has 120 valence electrons. The second-order valence-corrected chi connectivity index (χ2v) is 6.90. The summed E-state index contributed by atoms with van der Waals surface area (Å²) in [6.45, 7) is 6.47. The summed E-state index contributed by atoms with van der Waals surface area (Å²) in [4.78, 5) is 17.5. The number of amides is 1. The predicted molar refractivity (Wildman–Crippen MR) is 99.2 cm³/mol. The lowest BCUT2D eigenvalue weighted by Crippen LogP contribution is -2.17. The molecule has 0 saturated heterocycles. The van der Waals surface area contributed by atoms with Crippen LogP contribution in [-0.2, 0) is 6.54 Å². The Labute approximate surface area is 145 Å². The number of benzene rings is 2. The maximum Gasteiger partial charge on any atom is 0.279 e. The van der Waals surface area contributed by atoms with E-state index in [1.54, 1.807) is 6.07 Å². The van der Waals surface area contributed by atoms with Gasteiger partial charge in [-0.25, -0.2) is 0 Å². The molecule has 3 nitrogen and oxygen atoms in total. The quantitative estimate of drug-likeness (QED) is 0.652. The Morgan fingerprint density at radius 2 is 2.00 bits per heavy atom. The monoisotopic (exact) mass is 334 g/mol. The van der Waals surface area contributed by atoms with E-state index in [-0.39, 0.29) is 5.91 Å². The maximum absolute atomic E-state index is 12.5. The third-order valence-corrected chi connectivity index (χ3v) is 4.85. The minimum absolute atomic E-state index is 0.245. The van der Waals surface area contributed by atoms with E-state index in [0.29, 0.717) is 16.9 Å². The number of aryl methyl sites for hydroxylation is 3. The number of rotatable bonds is 2. The summed E-state index contributed by atoms with van der Waals surface area (Å²) >= 11 is 1.50. The molecule has 1 heterocycles. The SMILES string of the molecule is C#CCn1c(=NC(=O)c2cccc(C)c2)sc2cc(C)cc(C)c21. The molecule has 0 bridgehead atoms. The highest BCUT2D eigenvalue weighted by Gasteiger charge is 2.11. The lowest BCUT2D eigenvalue weighted by Gasteiger charge is -2.04. The van der Waals surface area contributed by atoms with E-state index < -0.39 is 0 Å². The molecule has 3 rings (SSSR count). The normalized spacial score (nSPS) is 11.7. The van der Waals surface area contributed by atoms with Gasteiger partial charge in [0.15, 0.2) is 4.80 Å². The summed E-state index contributed by atoms with van der Waals surface area (Å²) in [6.07, 6.45) is 5.53. The van der Waals surface area contributed by atoms with E-state index in [0.717, 1.165) is 21.3 Å². The van der Waals surface area contributed by atoms with Gasteiger partial charge in [0.05, 0.1) is 16.8 Å². The summed E-state index contributed by atoms with van der Waals surface area (Å²) in [5.41, 5.74) is 5.01. The van der Waals surface area contributed by atoms with Gasteiger partial charge in [-0.15, -0.1) is 6.42 Å². The Balaban J connectivity index is 2.22. The van der Waals surface area contributed by atoms with Crippen molar-refractivity contribution in [3.63, 3.8) is 0 Å². The molecule has 0 aliphatic rings. The van der Waals surface area contributed by atoms with Crippen LogP contribution < -0.4 is 4.80 Å². The zero-order chi connectivity index (χ0) is 17.3. The number of aromatic nitrogens is 1. The highest BCUT2D eigenvalue weighted by Crippen LogP contribution is 2.23. The number of carbonyl (C=O) groups excluding carboxylic acids is 1. The van der Waals surface area contributed by atoms with Crippen molar-refractivity contribution < 1.29 is 4.79 Å². The van der Waals surface area contributed by atoms with Gasteiger partial charge >= 0.3 is 0 Å². The fraction of sp³-hybridized carbons (Fsp3) is 0.200. The molecular formula is C20H18N2OS. The highest BCUT2D eigenvalue weighted by molar-refractivity contribution is 7.16. The Morgan fingerprint density at radius 1 is 1.21 bits per heavy atom. The Hall–Kier alpha value is -2.64. The van der Waals surface area contributed by atoms with Crippen LogP contribution in [0.4, 0.5) is 0 Å². The largest absolute Gasteiger partial charge is 0.304 e. The zero-order valence-corrected chi connectivity index (χ0v) is 14.8. The molecule has 0 atom stereocenters. The van der Waals surface area contributed by atoms with Crippen LogP contribution in [0.15, 0.2) is 41.4 Å². The van der Waals surface area contributed by atoms with E-state index in [9.17, 15) is 4.79 Å². The fourth-order valence-electron chi connectivity index (χ4n) is 2.84. The molecule has 0 aliphatic carbocycles. The molecular weight excluding hydrogens is 316 g/mol.